The average Bonchev–Trinajstić information content (AvgIpc) is 3.31. The molecule has 0 saturated heterocycles. The lowest BCUT2D eigenvalue weighted by atomic mass is 10.1. The fourth-order valence-corrected chi connectivity index (χ4v) is 3.89. The van der Waals surface area contributed by atoms with Gasteiger partial charge in [-0.05, 0) is 62.6 Å². The van der Waals surface area contributed by atoms with Crippen LogP contribution in [0, 0.1) is 0 Å². The Bertz CT molecular complexity index is 954. The lowest BCUT2D eigenvalue weighted by Crippen LogP contribution is -2.04. The van der Waals surface area contributed by atoms with E-state index < -0.39 is 0 Å². The molecule has 1 unspecified atom stereocenters. The summed E-state index contributed by atoms with van der Waals surface area (Å²) in [5.41, 5.74) is 2.42. The number of hydrogen-bond donors (Lipinski definition) is 0. The highest BCUT2D eigenvalue weighted by atomic mass is 32.1. The Hall–Kier alpha value is -2.77. The molecule has 7 heteroatoms. The lowest BCUT2D eigenvalue weighted by molar-refractivity contribution is 0.0600. The molecular formula is C24H28N2O4S. The summed E-state index contributed by atoms with van der Waals surface area (Å²) in [4.78, 5) is 11.6. The van der Waals surface area contributed by atoms with E-state index in [1.165, 1.54) is 18.4 Å². The highest BCUT2D eigenvalue weighted by Crippen LogP contribution is 2.31. The summed E-state index contributed by atoms with van der Waals surface area (Å²) in [6.45, 7) is 2.81. The van der Waals surface area contributed by atoms with E-state index in [0.29, 0.717) is 18.3 Å². The zero-order valence-electron chi connectivity index (χ0n) is 18.2. The quantitative estimate of drug-likeness (QED) is 0.284. The first-order valence-electron chi connectivity index (χ1n) is 10.4. The van der Waals surface area contributed by atoms with Gasteiger partial charge in [0.2, 0.25) is 0 Å². The van der Waals surface area contributed by atoms with Gasteiger partial charge in [0, 0.05) is 18.2 Å². The van der Waals surface area contributed by atoms with Gasteiger partial charge in [-0.1, -0.05) is 29.9 Å². The van der Waals surface area contributed by atoms with Gasteiger partial charge in [0.15, 0.2) is 0 Å². The largest absolute Gasteiger partial charge is 0.494 e. The van der Waals surface area contributed by atoms with Gasteiger partial charge in [0.25, 0.3) is 0 Å². The fourth-order valence-electron chi connectivity index (χ4n) is 3.04. The van der Waals surface area contributed by atoms with Gasteiger partial charge in [-0.3, -0.25) is 0 Å². The average molecular weight is 441 g/mol. The normalized spacial score (nSPS) is 11.8. The number of carbonyl (C=O) groups excluding carboxylic acids is 1. The highest BCUT2D eigenvalue weighted by molar-refractivity contribution is 7.17. The minimum absolute atomic E-state index is 0.327. The van der Waals surface area contributed by atoms with Crippen LogP contribution >= 0.6 is 11.3 Å². The number of carbonyl (C=O) groups is 1. The molecule has 0 aliphatic heterocycles. The van der Waals surface area contributed by atoms with Crippen LogP contribution in [0.2, 0.25) is 0 Å². The molecular weight excluding hydrogens is 412 g/mol. The van der Waals surface area contributed by atoms with Crippen LogP contribution in [0.4, 0.5) is 0 Å². The number of nitrogens with zero attached hydrogens (tertiary/aromatic N) is 2. The molecule has 0 aliphatic carbocycles. The summed E-state index contributed by atoms with van der Waals surface area (Å²) in [6.07, 6.45) is 4.74. The molecule has 3 aromatic rings. The van der Waals surface area contributed by atoms with Crippen molar-refractivity contribution in [3.63, 3.8) is 0 Å². The Morgan fingerprint density at radius 3 is 2.10 bits per heavy atom. The first-order chi connectivity index (χ1) is 15.1. The van der Waals surface area contributed by atoms with Crippen molar-refractivity contribution in [3.8, 4) is 26.9 Å². The molecule has 0 radical (unpaired) electrons. The van der Waals surface area contributed by atoms with E-state index in [0.717, 1.165) is 52.6 Å². The zero-order valence-corrected chi connectivity index (χ0v) is 19.0. The Balaban J connectivity index is 1.51. The predicted octanol–water partition coefficient (Wildman–Crippen LogP) is 5.63. The van der Waals surface area contributed by atoms with Gasteiger partial charge in [-0.15, -0.1) is 10.2 Å². The maximum Gasteiger partial charge on any atom is 0.337 e. The van der Waals surface area contributed by atoms with Crippen LogP contribution in [0.25, 0.3) is 21.1 Å². The molecule has 0 aliphatic rings. The van der Waals surface area contributed by atoms with Crippen LogP contribution in [0.3, 0.4) is 0 Å². The number of benzene rings is 2. The summed E-state index contributed by atoms with van der Waals surface area (Å²) < 4.78 is 15.8. The number of rotatable bonds is 11. The molecule has 1 atom stereocenters. The molecule has 0 fully saturated rings. The Kier molecular flexibility index (Phi) is 8.55. The topological polar surface area (TPSA) is 70.5 Å². The van der Waals surface area contributed by atoms with Crippen molar-refractivity contribution in [1.82, 2.24) is 10.2 Å². The number of unbranched alkanes of at least 4 members (excludes halogenated alkanes) is 2. The van der Waals surface area contributed by atoms with Crippen molar-refractivity contribution in [2.75, 3.05) is 20.8 Å². The van der Waals surface area contributed by atoms with E-state index in [1.54, 1.807) is 19.2 Å². The van der Waals surface area contributed by atoms with Crippen molar-refractivity contribution in [2.24, 2.45) is 0 Å². The first-order valence-corrected chi connectivity index (χ1v) is 11.2. The van der Waals surface area contributed by atoms with Gasteiger partial charge in [0.1, 0.15) is 15.8 Å². The van der Waals surface area contributed by atoms with Crippen LogP contribution in [0.1, 0.15) is 43.0 Å². The second kappa shape index (κ2) is 11.6. The minimum atomic E-state index is -0.354. The molecule has 2 aromatic carbocycles. The summed E-state index contributed by atoms with van der Waals surface area (Å²) in [5, 5.41) is 10.2. The predicted molar refractivity (Wildman–Crippen MR) is 123 cm³/mol. The maximum absolute atomic E-state index is 11.6. The Labute approximate surface area is 187 Å². The summed E-state index contributed by atoms with van der Waals surface area (Å²) in [7, 11) is 3.12. The van der Waals surface area contributed by atoms with E-state index in [-0.39, 0.29) is 5.97 Å². The van der Waals surface area contributed by atoms with Crippen molar-refractivity contribution in [2.45, 2.75) is 38.7 Å². The van der Waals surface area contributed by atoms with Crippen LogP contribution in [0.15, 0.2) is 48.5 Å². The molecule has 0 saturated carbocycles. The number of aromatic nitrogens is 2. The van der Waals surface area contributed by atoms with Gasteiger partial charge in [0.05, 0.1) is 25.4 Å². The third kappa shape index (κ3) is 6.60. The smallest absolute Gasteiger partial charge is 0.337 e. The molecule has 31 heavy (non-hydrogen) atoms. The van der Waals surface area contributed by atoms with E-state index in [1.807, 2.05) is 36.4 Å². The molecule has 0 spiro atoms. The SMILES string of the molecule is COC(=O)c1ccc(-c2nnc(-c3ccc(OCCCCCC(C)OC)cc3)s2)cc1. The molecule has 3 rings (SSSR count). The third-order valence-corrected chi connectivity index (χ3v) is 6.03. The first kappa shape index (κ1) is 22.9. The molecule has 164 valence electrons. The molecule has 1 heterocycles. The maximum atomic E-state index is 11.6. The van der Waals surface area contributed by atoms with E-state index in [4.69, 9.17) is 14.2 Å². The molecule has 6 nitrogen and oxygen atoms in total. The number of esters is 1. The molecule has 0 bridgehead atoms. The molecule has 0 amide bonds. The van der Waals surface area contributed by atoms with Crippen molar-refractivity contribution in [1.29, 1.82) is 0 Å². The van der Waals surface area contributed by atoms with Gasteiger partial charge in [-0.25, -0.2) is 4.79 Å². The van der Waals surface area contributed by atoms with E-state index in [2.05, 4.69) is 17.1 Å². The third-order valence-electron chi connectivity index (χ3n) is 5.01. The van der Waals surface area contributed by atoms with Crippen molar-refractivity contribution in [3.05, 3.63) is 54.1 Å². The van der Waals surface area contributed by atoms with Crippen LogP contribution in [-0.4, -0.2) is 43.1 Å². The monoisotopic (exact) mass is 440 g/mol. The second-order valence-corrected chi connectivity index (χ2v) is 8.23. The highest BCUT2D eigenvalue weighted by Gasteiger charge is 2.11. The van der Waals surface area contributed by atoms with Crippen LogP contribution in [-0.2, 0) is 9.47 Å². The summed E-state index contributed by atoms with van der Waals surface area (Å²) in [5.74, 6) is 0.504. The number of ether oxygens (including phenoxy) is 3. The fraction of sp³-hybridized carbons (Fsp3) is 0.375. The minimum Gasteiger partial charge on any atom is -0.494 e. The Morgan fingerprint density at radius 2 is 1.52 bits per heavy atom. The number of methoxy groups -OCH3 is 2. The standard InChI is InChI=1S/C24H28N2O4S/c1-17(28-2)7-5-4-6-16-30-21-14-12-19(13-15-21)23-26-25-22(31-23)18-8-10-20(11-9-18)24(27)29-3/h8-15,17H,4-7,16H2,1-3H3. The molecule has 1 aromatic heterocycles. The summed E-state index contributed by atoms with van der Waals surface area (Å²) in [6, 6.07) is 15.1. The Morgan fingerprint density at radius 1 is 0.903 bits per heavy atom. The summed E-state index contributed by atoms with van der Waals surface area (Å²) >= 11 is 1.51. The van der Waals surface area contributed by atoms with Crippen molar-refractivity contribution < 1.29 is 19.0 Å². The van der Waals surface area contributed by atoms with E-state index >= 15 is 0 Å². The van der Waals surface area contributed by atoms with E-state index in [9.17, 15) is 4.79 Å². The van der Waals surface area contributed by atoms with Gasteiger partial charge in [-0.2, -0.15) is 0 Å². The zero-order chi connectivity index (χ0) is 22.1. The second-order valence-electron chi connectivity index (χ2n) is 7.25. The number of hydrogen-bond acceptors (Lipinski definition) is 7. The molecule has 0 N–H and O–H groups in total. The lowest BCUT2D eigenvalue weighted by Gasteiger charge is -2.09. The van der Waals surface area contributed by atoms with Crippen LogP contribution in [0.5, 0.6) is 5.75 Å². The van der Waals surface area contributed by atoms with Gasteiger partial charge >= 0.3 is 5.97 Å². The van der Waals surface area contributed by atoms with Crippen LogP contribution < -0.4 is 4.74 Å². The van der Waals surface area contributed by atoms with Crippen molar-refractivity contribution >= 4 is 17.3 Å². The van der Waals surface area contributed by atoms with Gasteiger partial charge < -0.3 is 14.2 Å².